The van der Waals surface area contributed by atoms with Crippen molar-refractivity contribution >= 4 is 23.3 Å². The number of carbonyl (C=O) groups excluding carboxylic acids is 1. The molecule has 188 valence electrons. The summed E-state index contributed by atoms with van der Waals surface area (Å²) >= 11 is 1.96. The summed E-state index contributed by atoms with van der Waals surface area (Å²) in [7, 11) is 4.40. The highest BCUT2D eigenvalue weighted by Gasteiger charge is 2.36. The predicted molar refractivity (Wildman–Crippen MR) is 146 cm³/mol. The van der Waals surface area contributed by atoms with Crippen LogP contribution in [0.1, 0.15) is 77.0 Å². The van der Waals surface area contributed by atoms with Crippen LogP contribution in [-0.4, -0.2) is 53.0 Å². The Morgan fingerprint density at radius 1 is 1.17 bits per heavy atom. The molecule has 3 atom stereocenters. The SMILES string of the molecule is CN(C)C1CCC(CC2=NC=C=CC3=C2C2=CC(CCC2CC(=O)C2=CCC(O)CCC2)S3)CC1. The highest BCUT2D eigenvalue weighted by atomic mass is 32.2. The molecule has 0 aromatic rings. The first kappa shape index (κ1) is 25.0. The Bertz CT molecular complexity index is 1020. The molecular formula is C30H40N2O2S. The van der Waals surface area contributed by atoms with Gasteiger partial charge in [0.2, 0.25) is 0 Å². The van der Waals surface area contributed by atoms with Gasteiger partial charge in [0.25, 0.3) is 0 Å². The van der Waals surface area contributed by atoms with E-state index in [1.165, 1.54) is 47.4 Å². The number of nitrogens with zero attached hydrogens (tertiary/aromatic N) is 2. The van der Waals surface area contributed by atoms with Crippen LogP contribution in [0.5, 0.6) is 0 Å². The maximum atomic E-state index is 13.3. The molecule has 0 aromatic carbocycles. The second-order valence-electron chi connectivity index (χ2n) is 11.3. The van der Waals surface area contributed by atoms with Gasteiger partial charge >= 0.3 is 0 Å². The van der Waals surface area contributed by atoms with E-state index in [0.29, 0.717) is 30.1 Å². The number of fused-ring (bicyclic) bond motifs is 2. The first-order valence-electron chi connectivity index (χ1n) is 13.7. The molecule has 4 nitrogen and oxygen atoms in total. The topological polar surface area (TPSA) is 52.9 Å². The van der Waals surface area contributed by atoms with E-state index in [-0.39, 0.29) is 17.8 Å². The molecule has 0 saturated heterocycles. The number of hydrogen-bond acceptors (Lipinski definition) is 5. The average Bonchev–Trinajstić information content (AvgIpc) is 3.19. The van der Waals surface area contributed by atoms with Crippen molar-refractivity contribution in [1.82, 2.24) is 4.90 Å². The molecule has 5 heteroatoms. The largest absolute Gasteiger partial charge is 0.393 e. The van der Waals surface area contributed by atoms with Crippen LogP contribution in [-0.2, 0) is 4.79 Å². The van der Waals surface area contributed by atoms with E-state index in [0.717, 1.165) is 44.1 Å². The highest BCUT2D eigenvalue weighted by molar-refractivity contribution is 8.04. The molecule has 3 unspecified atom stereocenters. The van der Waals surface area contributed by atoms with Gasteiger partial charge in [0.05, 0.1) is 12.3 Å². The fraction of sp³-hybridized carbons (Fsp3) is 0.633. The molecule has 1 saturated carbocycles. The maximum Gasteiger partial charge on any atom is 0.159 e. The Kier molecular flexibility index (Phi) is 7.99. The van der Waals surface area contributed by atoms with E-state index in [1.54, 1.807) is 0 Å². The lowest BCUT2D eigenvalue weighted by Gasteiger charge is -2.37. The van der Waals surface area contributed by atoms with Gasteiger partial charge in [-0.05, 0) is 114 Å². The van der Waals surface area contributed by atoms with Crippen molar-refractivity contribution in [2.24, 2.45) is 16.8 Å². The Morgan fingerprint density at radius 2 is 2.00 bits per heavy atom. The Labute approximate surface area is 215 Å². The van der Waals surface area contributed by atoms with Gasteiger partial charge in [0.1, 0.15) is 0 Å². The van der Waals surface area contributed by atoms with Crippen molar-refractivity contribution in [3.05, 3.63) is 51.8 Å². The second-order valence-corrected chi connectivity index (χ2v) is 12.6. The summed E-state index contributed by atoms with van der Waals surface area (Å²) in [5.74, 6) is 1.23. The van der Waals surface area contributed by atoms with Gasteiger partial charge < -0.3 is 10.0 Å². The number of aliphatic imine (C=N–C) groups is 1. The minimum absolute atomic E-state index is 0.264. The summed E-state index contributed by atoms with van der Waals surface area (Å²) in [6.07, 6.45) is 20.1. The zero-order valence-electron chi connectivity index (χ0n) is 21.3. The minimum Gasteiger partial charge on any atom is -0.393 e. The number of allylic oxidation sites excluding steroid dienone is 4. The van der Waals surface area contributed by atoms with Crippen molar-refractivity contribution in [3.8, 4) is 0 Å². The molecule has 2 aliphatic heterocycles. The zero-order valence-corrected chi connectivity index (χ0v) is 22.2. The van der Waals surface area contributed by atoms with Crippen molar-refractivity contribution in [3.63, 3.8) is 0 Å². The van der Waals surface area contributed by atoms with Gasteiger partial charge in [-0.2, -0.15) is 0 Å². The molecule has 35 heavy (non-hydrogen) atoms. The van der Waals surface area contributed by atoms with Crippen LogP contribution in [0.4, 0.5) is 0 Å². The number of aliphatic hydroxyl groups excluding tert-OH is 1. The standard InChI is InChI=1S/C30H40N2O2S/c1-32(2)23-12-8-20(9-13-23)17-27-30-26-19-25(35-29(30)7-4-16-31-27)15-11-22(26)18-28(34)21-5-3-6-24(33)14-10-21/h7,10,16,19-20,22-25,33H,3,5-6,8-9,11-15,17-18H2,1-2H3. The monoisotopic (exact) mass is 492 g/mol. The first-order valence-corrected chi connectivity index (χ1v) is 14.5. The average molecular weight is 493 g/mol. The molecule has 1 N–H and O–H groups in total. The lowest BCUT2D eigenvalue weighted by molar-refractivity contribution is -0.116. The fourth-order valence-corrected chi connectivity index (χ4v) is 7.82. The van der Waals surface area contributed by atoms with Crippen LogP contribution < -0.4 is 0 Å². The van der Waals surface area contributed by atoms with E-state index in [1.807, 2.05) is 24.0 Å². The smallest absolute Gasteiger partial charge is 0.159 e. The molecule has 1 fully saturated rings. The summed E-state index contributed by atoms with van der Waals surface area (Å²) in [6, 6.07) is 0.709. The number of carbonyl (C=O) groups is 1. The maximum absolute atomic E-state index is 13.3. The summed E-state index contributed by atoms with van der Waals surface area (Å²) in [6.45, 7) is 0. The molecular weight excluding hydrogens is 452 g/mol. The zero-order chi connectivity index (χ0) is 24.4. The van der Waals surface area contributed by atoms with E-state index in [9.17, 15) is 9.90 Å². The van der Waals surface area contributed by atoms with Crippen LogP contribution in [0.25, 0.3) is 0 Å². The van der Waals surface area contributed by atoms with Gasteiger partial charge in [-0.15, -0.1) is 11.8 Å². The van der Waals surface area contributed by atoms with Gasteiger partial charge in [-0.25, -0.2) is 0 Å². The van der Waals surface area contributed by atoms with Crippen molar-refractivity contribution in [1.29, 1.82) is 0 Å². The number of hydrogen-bond donors (Lipinski definition) is 1. The molecule has 3 aliphatic carbocycles. The molecule has 0 aromatic heterocycles. The van der Waals surface area contributed by atoms with Gasteiger partial charge in [-0.1, -0.05) is 17.9 Å². The van der Waals surface area contributed by atoms with Gasteiger partial charge in [-0.3, -0.25) is 9.79 Å². The lowest BCUT2D eigenvalue weighted by Crippen LogP contribution is -2.33. The highest BCUT2D eigenvalue weighted by Crippen LogP contribution is 2.48. The minimum atomic E-state index is -0.293. The van der Waals surface area contributed by atoms with E-state index < -0.39 is 0 Å². The summed E-state index contributed by atoms with van der Waals surface area (Å²) in [5.41, 5.74) is 8.12. The quantitative estimate of drug-likeness (QED) is 0.452. The predicted octanol–water partition coefficient (Wildman–Crippen LogP) is 6.15. The van der Waals surface area contributed by atoms with Gasteiger partial charge in [0.15, 0.2) is 5.78 Å². The van der Waals surface area contributed by atoms with Crippen LogP contribution in [0.15, 0.2) is 56.8 Å². The third kappa shape index (κ3) is 5.85. The number of Topliss-reactive ketones (excluding diaryl/α,β-unsaturated/α-hetero) is 1. The summed E-state index contributed by atoms with van der Waals surface area (Å²) < 4.78 is 0. The molecule has 2 bridgehead atoms. The van der Waals surface area contributed by atoms with Crippen LogP contribution in [0, 0.1) is 11.8 Å². The van der Waals surface area contributed by atoms with Gasteiger partial charge in [0, 0.05) is 33.9 Å². The summed E-state index contributed by atoms with van der Waals surface area (Å²) in [4.78, 5) is 22.0. The number of rotatable bonds is 6. The normalized spacial score (nSPS) is 32.9. The molecule has 0 radical (unpaired) electrons. The number of ketones is 1. The second kappa shape index (κ2) is 11.2. The van der Waals surface area contributed by atoms with Crippen molar-refractivity contribution in [2.45, 2.75) is 94.4 Å². The molecule has 5 aliphatic rings. The summed E-state index contributed by atoms with van der Waals surface area (Å²) in [5, 5.41) is 10.5. The van der Waals surface area contributed by atoms with Crippen LogP contribution >= 0.6 is 11.8 Å². The van der Waals surface area contributed by atoms with Crippen LogP contribution in [0.2, 0.25) is 0 Å². The molecule has 2 heterocycles. The van der Waals surface area contributed by atoms with E-state index in [4.69, 9.17) is 4.99 Å². The fourth-order valence-electron chi connectivity index (χ4n) is 6.53. The van der Waals surface area contributed by atoms with Crippen molar-refractivity contribution < 1.29 is 9.90 Å². The Morgan fingerprint density at radius 3 is 2.80 bits per heavy atom. The van der Waals surface area contributed by atoms with E-state index in [2.05, 4.69) is 36.9 Å². The van der Waals surface area contributed by atoms with Crippen LogP contribution in [0.3, 0.4) is 0 Å². The first-order chi connectivity index (χ1) is 17.0. The molecule has 0 amide bonds. The molecule has 0 spiro atoms. The molecule has 5 rings (SSSR count). The Balaban J connectivity index is 1.33. The van der Waals surface area contributed by atoms with Crippen molar-refractivity contribution in [2.75, 3.05) is 14.1 Å². The third-order valence-electron chi connectivity index (χ3n) is 8.65. The third-order valence-corrected chi connectivity index (χ3v) is 9.91. The number of thioether (sulfide) groups is 1. The Hall–Kier alpha value is -1.65. The van der Waals surface area contributed by atoms with E-state index >= 15 is 0 Å². The lowest BCUT2D eigenvalue weighted by atomic mass is 9.75. The number of aliphatic hydroxyl groups is 1.